The Morgan fingerprint density at radius 3 is 2.56 bits per heavy atom. The second-order valence-corrected chi connectivity index (χ2v) is 4.04. The number of benzene rings is 1. The number of carbonyl (C=O) groups is 1. The zero-order chi connectivity index (χ0) is 11.5. The Hall–Kier alpha value is -1.39. The van der Waals surface area contributed by atoms with Gasteiger partial charge >= 0.3 is 5.97 Å². The minimum absolute atomic E-state index is 0.156. The molecule has 1 heterocycles. The third kappa shape index (κ3) is 2.08. The van der Waals surface area contributed by atoms with E-state index in [9.17, 15) is 4.79 Å². The predicted octanol–water partition coefficient (Wildman–Crippen LogP) is 0.487. The summed E-state index contributed by atoms with van der Waals surface area (Å²) in [5.41, 5.74) is 7.73. The Morgan fingerprint density at radius 1 is 1.38 bits per heavy atom. The Morgan fingerprint density at radius 2 is 2.06 bits per heavy atom. The van der Waals surface area contributed by atoms with Gasteiger partial charge in [-0.2, -0.15) is 0 Å². The SMILES string of the molecule is COC(=O)c1ccc([C@H]2CNC[C@@H]2N)cc1. The average Bonchev–Trinajstić information content (AvgIpc) is 2.75. The lowest BCUT2D eigenvalue weighted by Crippen LogP contribution is -2.27. The first kappa shape index (κ1) is 11.1. The molecule has 1 aliphatic heterocycles. The number of ether oxygens (including phenoxy) is 1. The zero-order valence-corrected chi connectivity index (χ0v) is 9.27. The maximum atomic E-state index is 11.3. The summed E-state index contributed by atoms with van der Waals surface area (Å²) in [7, 11) is 1.38. The number of hydrogen-bond donors (Lipinski definition) is 2. The summed E-state index contributed by atoms with van der Waals surface area (Å²) >= 11 is 0. The first-order valence-corrected chi connectivity index (χ1v) is 5.37. The number of nitrogens with one attached hydrogen (secondary N) is 1. The molecule has 2 atom stereocenters. The maximum absolute atomic E-state index is 11.3. The molecule has 1 saturated heterocycles. The Labute approximate surface area is 94.8 Å². The van der Waals surface area contributed by atoms with E-state index in [2.05, 4.69) is 10.1 Å². The molecule has 0 aromatic heterocycles. The fourth-order valence-electron chi connectivity index (χ4n) is 2.05. The number of hydrogen-bond acceptors (Lipinski definition) is 4. The normalized spacial score (nSPS) is 24.4. The summed E-state index contributed by atoms with van der Waals surface area (Å²) in [4.78, 5) is 11.3. The molecule has 3 N–H and O–H groups in total. The molecule has 0 bridgehead atoms. The molecule has 4 nitrogen and oxygen atoms in total. The molecule has 86 valence electrons. The molecule has 2 rings (SSSR count). The third-order valence-corrected chi connectivity index (χ3v) is 3.02. The van der Waals surface area contributed by atoms with Crippen molar-refractivity contribution < 1.29 is 9.53 Å². The van der Waals surface area contributed by atoms with Crippen molar-refractivity contribution in [2.75, 3.05) is 20.2 Å². The molecular formula is C12H16N2O2. The fourth-order valence-corrected chi connectivity index (χ4v) is 2.05. The summed E-state index contributed by atoms with van der Waals surface area (Å²) in [6.45, 7) is 1.75. The number of nitrogens with two attached hydrogens (primary N) is 1. The highest BCUT2D eigenvalue weighted by Crippen LogP contribution is 2.21. The van der Waals surface area contributed by atoms with Gasteiger partial charge in [-0.1, -0.05) is 12.1 Å². The molecule has 1 aromatic carbocycles. The van der Waals surface area contributed by atoms with Gasteiger partial charge in [0.15, 0.2) is 0 Å². The summed E-state index contributed by atoms with van der Waals surface area (Å²) in [5, 5.41) is 3.25. The van der Waals surface area contributed by atoms with E-state index in [0.29, 0.717) is 11.5 Å². The van der Waals surface area contributed by atoms with Gasteiger partial charge in [-0.15, -0.1) is 0 Å². The Balaban J connectivity index is 2.16. The number of carbonyl (C=O) groups excluding carboxylic acids is 1. The number of rotatable bonds is 2. The molecule has 1 fully saturated rings. The summed E-state index contributed by atoms with van der Waals surface area (Å²) in [6.07, 6.45) is 0. The summed E-state index contributed by atoms with van der Waals surface area (Å²) in [5.74, 6) is 0.0343. The lowest BCUT2D eigenvalue weighted by atomic mass is 9.94. The number of methoxy groups -OCH3 is 1. The second-order valence-electron chi connectivity index (χ2n) is 4.04. The van der Waals surface area contributed by atoms with Crippen LogP contribution in [0.1, 0.15) is 21.8 Å². The molecule has 16 heavy (non-hydrogen) atoms. The Bertz CT molecular complexity index is 375. The van der Waals surface area contributed by atoms with E-state index in [4.69, 9.17) is 5.73 Å². The molecule has 0 saturated carbocycles. The van der Waals surface area contributed by atoms with Gasteiger partial charge < -0.3 is 15.8 Å². The molecule has 0 unspecified atom stereocenters. The molecule has 0 radical (unpaired) electrons. The average molecular weight is 220 g/mol. The van der Waals surface area contributed by atoms with Crippen molar-refractivity contribution in [1.29, 1.82) is 0 Å². The van der Waals surface area contributed by atoms with Crippen LogP contribution in [0.3, 0.4) is 0 Å². The van der Waals surface area contributed by atoms with E-state index >= 15 is 0 Å². The van der Waals surface area contributed by atoms with Crippen LogP contribution in [0.5, 0.6) is 0 Å². The van der Waals surface area contributed by atoms with Crippen molar-refractivity contribution in [1.82, 2.24) is 5.32 Å². The molecule has 0 aliphatic carbocycles. The van der Waals surface area contributed by atoms with Crippen LogP contribution in [0.2, 0.25) is 0 Å². The zero-order valence-electron chi connectivity index (χ0n) is 9.27. The standard InChI is InChI=1S/C12H16N2O2/c1-16-12(15)9-4-2-8(3-5-9)10-6-14-7-11(10)13/h2-5,10-11,14H,6-7,13H2,1H3/t10-,11+/m1/s1. The topological polar surface area (TPSA) is 64.3 Å². The van der Waals surface area contributed by atoms with Crippen molar-refractivity contribution >= 4 is 5.97 Å². The second kappa shape index (κ2) is 4.63. The van der Waals surface area contributed by atoms with Gasteiger partial charge in [0.1, 0.15) is 0 Å². The van der Waals surface area contributed by atoms with Crippen LogP contribution in [0.4, 0.5) is 0 Å². The molecule has 4 heteroatoms. The van der Waals surface area contributed by atoms with Crippen LogP contribution < -0.4 is 11.1 Å². The van der Waals surface area contributed by atoms with Crippen molar-refractivity contribution in [3.63, 3.8) is 0 Å². The highest BCUT2D eigenvalue weighted by molar-refractivity contribution is 5.89. The van der Waals surface area contributed by atoms with Crippen LogP contribution in [-0.4, -0.2) is 32.2 Å². The Kier molecular flexibility index (Phi) is 3.22. The van der Waals surface area contributed by atoms with Crippen LogP contribution in [0, 0.1) is 0 Å². The highest BCUT2D eigenvalue weighted by atomic mass is 16.5. The van der Waals surface area contributed by atoms with E-state index < -0.39 is 0 Å². The van der Waals surface area contributed by atoms with Gasteiger partial charge in [-0.3, -0.25) is 0 Å². The first-order valence-electron chi connectivity index (χ1n) is 5.37. The minimum atomic E-state index is -0.305. The smallest absolute Gasteiger partial charge is 0.337 e. The quantitative estimate of drug-likeness (QED) is 0.712. The maximum Gasteiger partial charge on any atom is 0.337 e. The number of esters is 1. The van der Waals surface area contributed by atoms with Crippen LogP contribution >= 0.6 is 0 Å². The predicted molar refractivity (Wildman–Crippen MR) is 61.4 cm³/mol. The van der Waals surface area contributed by atoms with Gasteiger partial charge in [0, 0.05) is 25.0 Å². The van der Waals surface area contributed by atoms with E-state index in [1.54, 1.807) is 12.1 Å². The summed E-state index contributed by atoms with van der Waals surface area (Å²) < 4.78 is 4.65. The van der Waals surface area contributed by atoms with Gasteiger partial charge in [0.2, 0.25) is 0 Å². The molecular weight excluding hydrogens is 204 g/mol. The van der Waals surface area contributed by atoms with Crippen molar-refractivity contribution in [3.8, 4) is 0 Å². The van der Waals surface area contributed by atoms with Crippen LogP contribution in [0.15, 0.2) is 24.3 Å². The van der Waals surface area contributed by atoms with Gasteiger partial charge in [0.25, 0.3) is 0 Å². The third-order valence-electron chi connectivity index (χ3n) is 3.02. The molecule has 1 aliphatic rings. The van der Waals surface area contributed by atoms with Gasteiger partial charge in [-0.25, -0.2) is 4.79 Å². The lowest BCUT2D eigenvalue weighted by molar-refractivity contribution is 0.0600. The monoisotopic (exact) mass is 220 g/mol. The minimum Gasteiger partial charge on any atom is -0.465 e. The van der Waals surface area contributed by atoms with E-state index in [1.807, 2.05) is 12.1 Å². The van der Waals surface area contributed by atoms with Crippen LogP contribution in [0.25, 0.3) is 0 Å². The largest absolute Gasteiger partial charge is 0.465 e. The van der Waals surface area contributed by atoms with Gasteiger partial charge in [0.05, 0.1) is 12.7 Å². The van der Waals surface area contributed by atoms with Crippen molar-refractivity contribution in [2.45, 2.75) is 12.0 Å². The highest BCUT2D eigenvalue weighted by Gasteiger charge is 2.24. The van der Waals surface area contributed by atoms with Crippen molar-refractivity contribution in [3.05, 3.63) is 35.4 Å². The molecule has 0 amide bonds. The fraction of sp³-hybridized carbons (Fsp3) is 0.417. The first-order chi connectivity index (χ1) is 7.72. The molecule has 0 spiro atoms. The van der Waals surface area contributed by atoms with Crippen molar-refractivity contribution in [2.24, 2.45) is 5.73 Å². The lowest BCUT2D eigenvalue weighted by Gasteiger charge is -2.14. The van der Waals surface area contributed by atoms with Gasteiger partial charge in [-0.05, 0) is 17.7 Å². The van der Waals surface area contributed by atoms with Crippen LogP contribution in [-0.2, 0) is 4.74 Å². The molecule has 1 aromatic rings. The van der Waals surface area contributed by atoms with E-state index in [0.717, 1.165) is 13.1 Å². The van der Waals surface area contributed by atoms with E-state index in [-0.39, 0.29) is 12.0 Å². The summed E-state index contributed by atoms with van der Waals surface area (Å²) in [6, 6.07) is 7.62. The van der Waals surface area contributed by atoms with E-state index in [1.165, 1.54) is 12.7 Å².